The monoisotopic (exact) mass is 405 g/mol. The van der Waals surface area contributed by atoms with Crippen molar-refractivity contribution in [3.05, 3.63) is 84.3 Å². The zero-order valence-electron chi connectivity index (χ0n) is 15.6. The van der Waals surface area contributed by atoms with Crippen LogP contribution >= 0.6 is 11.8 Å². The zero-order chi connectivity index (χ0) is 19.9. The Morgan fingerprint density at radius 2 is 1.62 bits per heavy atom. The fraction of sp³-hybridized carbons (Fsp3) is 0.136. The maximum atomic E-state index is 12.3. The van der Waals surface area contributed by atoms with Gasteiger partial charge in [0, 0.05) is 29.0 Å². The lowest BCUT2D eigenvalue weighted by molar-refractivity contribution is 0.0956. The van der Waals surface area contributed by atoms with Crippen molar-refractivity contribution in [2.45, 2.75) is 5.75 Å². The van der Waals surface area contributed by atoms with Crippen molar-refractivity contribution in [1.82, 2.24) is 15.5 Å². The molecule has 2 aromatic carbocycles. The van der Waals surface area contributed by atoms with Gasteiger partial charge < -0.3 is 14.2 Å². The third-order valence-electron chi connectivity index (χ3n) is 4.20. The van der Waals surface area contributed by atoms with E-state index >= 15 is 0 Å². The summed E-state index contributed by atoms with van der Waals surface area (Å²) in [6.07, 6.45) is 1.66. The summed E-state index contributed by atoms with van der Waals surface area (Å²) in [6, 6.07) is 20.5. The van der Waals surface area contributed by atoms with E-state index in [9.17, 15) is 4.79 Å². The Balaban J connectivity index is 1.29. The maximum absolute atomic E-state index is 12.3. The molecule has 0 radical (unpaired) electrons. The van der Waals surface area contributed by atoms with Crippen molar-refractivity contribution in [2.75, 3.05) is 12.3 Å². The summed E-state index contributed by atoms with van der Waals surface area (Å²) >= 11 is 1.71. The van der Waals surface area contributed by atoms with Gasteiger partial charge in [0.15, 0.2) is 0 Å². The Labute approximate surface area is 172 Å². The van der Waals surface area contributed by atoms with Crippen LogP contribution in [-0.2, 0) is 5.75 Å². The van der Waals surface area contributed by atoms with Gasteiger partial charge in [0.2, 0.25) is 11.8 Å². The van der Waals surface area contributed by atoms with E-state index in [0.717, 1.165) is 28.4 Å². The van der Waals surface area contributed by atoms with Crippen LogP contribution in [0.2, 0.25) is 0 Å². The molecule has 0 bridgehead atoms. The molecular weight excluding hydrogens is 386 g/mol. The van der Waals surface area contributed by atoms with Crippen LogP contribution < -0.4 is 5.32 Å². The zero-order valence-corrected chi connectivity index (χ0v) is 16.4. The highest BCUT2D eigenvalue weighted by Crippen LogP contribution is 2.23. The van der Waals surface area contributed by atoms with E-state index in [0.29, 0.717) is 23.9 Å². The average Bonchev–Trinajstić information content (AvgIpc) is 3.46. The van der Waals surface area contributed by atoms with Gasteiger partial charge in [0.1, 0.15) is 5.76 Å². The highest BCUT2D eigenvalue weighted by Gasteiger charge is 2.11. The molecule has 0 spiro atoms. The van der Waals surface area contributed by atoms with Crippen LogP contribution in [0, 0.1) is 0 Å². The highest BCUT2D eigenvalue weighted by atomic mass is 32.2. The first-order valence-electron chi connectivity index (χ1n) is 9.17. The molecule has 6 nitrogen and oxygen atoms in total. The number of hydrogen-bond acceptors (Lipinski definition) is 6. The van der Waals surface area contributed by atoms with Crippen molar-refractivity contribution in [3.63, 3.8) is 0 Å². The molecule has 0 aliphatic rings. The highest BCUT2D eigenvalue weighted by molar-refractivity contribution is 7.98. The number of thioether (sulfide) groups is 1. The van der Waals surface area contributed by atoms with Crippen LogP contribution in [0.25, 0.3) is 22.9 Å². The molecule has 7 heteroatoms. The second-order valence-corrected chi connectivity index (χ2v) is 7.35. The molecule has 0 atom stereocenters. The minimum Gasteiger partial charge on any atom is -0.468 e. The first-order chi connectivity index (χ1) is 14.3. The number of hydrogen-bond donors (Lipinski definition) is 1. The summed E-state index contributed by atoms with van der Waals surface area (Å²) in [5.41, 5.74) is 2.23. The summed E-state index contributed by atoms with van der Waals surface area (Å²) in [7, 11) is 0. The van der Waals surface area contributed by atoms with Gasteiger partial charge in [-0.3, -0.25) is 4.79 Å². The Morgan fingerprint density at radius 1 is 0.897 bits per heavy atom. The molecule has 0 unspecified atom stereocenters. The Hall–Kier alpha value is -3.32. The molecule has 29 heavy (non-hydrogen) atoms. The minimum atomic E-state index is -0.106. The van der Waals surface area contributed by atoms with Gasteiger partial charge >= 0.3 is 0 Å². The summed E-state index contributed by atoms with van der Waals surface area (Å²) in [5, 5.41) is 11.1. The third-order valence-corrected chi connectivity index (χ3v) is 5.18. The number of carbonyl (C=O) groups is 1. The molecule has 0 aliphatic carbocycles. The largest absolute Gasteiger partial charge is 0.468 e. The van der Waals surface area contributed by atoms with Gasteiger partial charge in [-0.2, -0.15) is 11.8 Å². The van der Waals surface area contributed by atoms with E-state index in [1.165, 1.54) is 0 Å². The summed E-state index contributed by atoms with van der Waals surface area (Å²) < 4.78 is 11.0. The van der Waals surface area contributed by atoms with Crippen LogP contribution in [0.3, 0.4) is 0 Å². The quantitative estimate of drug-likeness (QED) is 0.430. The van der Waals surface area contributed by atoms with E-state index in [1.54, 1.807) is 30.2 Å². The Kier molecular flexibility index (Phi) is 6.07. The van der Waals surface area contributed by atoms with Gasteiger partial charge in [-0.25, -0.2) is 0 Å². The number of aromatic nitrogens is 2. The van der Waals surface area contributed by atoms with Crippen LogP contribution in [0.4, 0.5) is 0 Å². The number of carbonyl (C=O) groups excluding carboxylic acids is 1. The Bertz CT molecular complexity index is 1040. The average molecular weight is 405 g/mol. The molecule has 4 aromatic rings. The molecule has 0 saturated heterocycles. The van der Waals surface area contributed by atoms with Crippen LogP contribution in [-0.4, -0.2) is 28.4 Å². The van der Waals surface area contributed by atoms with Gasteiger partial charge in [-0.05, 0) is 48.5 Å². The number of furan rings is 1. The topological polar surface area (TPSA) is 81.2 Å². The number of benzene rings is 2. The van der Waals surface area contributed by atoms with Crippen LogP contribution in [0.1, 0.15) is 16.1 Å². The molecule has 1 amide bonds. The van der Waals surface area contributed by atoms with Crippen molar-refractivity contribution >= 4 is 17.7 Å². The van der Waals surface area contributed by atoms with Gasteiger partial charge in [0.25, 0.3) is 5.91 Å². The molecule has 0 fully saturated rings. The number of nitrogens with one attached hydrogen (secondary N) is 1. The van der Waals surface area contributed by atoms with Crippen molar-refractivity contribution in [3.8, 4) is 22.9 Å². The van der Waals surface area contributed by atoms with Crippen LogP contribution in [0.5, 0.6) is 0 Å². The van der Waals surface area contributed by atoms with E-state index in [-0.39, 0.29) is 5.91 Å². The molecule has 0 saturated carbocycles. The fourth-order valence-electron chi connectivity index (χ4n) is 2.71. The molecule has 146 valence electrons. The predicted molar refractivity (Wildman–Crippen MR) is 112 cm³/mol. The van der Waals surface area contributed by atoms with Gasteiger partial charge in [0.05, 0.1) is 12.0 Å². The molecule has 2 heterocycles. The first-order valence-corrected chi connectivity index (χ1v) is 10.3. The second-order valence-electron chi connectivity index (χ2n) is 6.24. The number of nitrogens with zero attached hydrogens (tertiary/aromatic N) is 2. The predicted octanol–water partition coefficient (Wildman–Crippen LogP) is 4.66. The number of rotatable bonds is 8. The van der Waals surface area contributed by atoms with Crippen molar-refractivity contribution in [2.24, 2.45) is 0 Å². The normalized spacial score (nSPS) is 10.8. The SMILES string of the molecule is O=C(NCCSCc1ccco1)c1ccc(-c2nnc(-c3ccccc3)o2)cc1. The standard InChI is InChI=1S/C22H19N3O3S/c26-20(23-12-14-29-15-19-7-4-13-27-19)16-8-10-18(11-9-16)22-25-24-21(28-22)17-5-2-1-3-6-17/h1-11,13H,12,14-15H2,(H,23,26). The van der Waals surface area contributed by atoms with Crippen molar-refractivity contribution < 1.29 is 13.6 Å². The summed E-state index contributed by atoms with van der Waals surface area (Å²) in [5.74, 6) is 3.33. The van der Waals surface area contributed by atoms with Crippen molar-refractivity contribution in [1.29, 1.82) is 0 Å². The first kappa shape index (κ1) is 19.0. The van der Waals surface area contributed by atoms with E-state index in [2.05, 4.69) is 15.5 Å². The molecular formula is C22H19N3O3S. The molecule has 1 N–H and O–H groups in total. The molecule has 0 aliphatic heterocycles. The summed E-state index contributed by atoms with van der Waals surface area (Å²) in [4.78, 5) is 12.3. The minimum absolute atomic E-state index is 0.106. The van der Waals surface area contributed by atoms with Gasteiger partial charge in [-0.1, -0.05) is 18.2 Å². The maximum Gasteiger partial charge on any atom is 0.251 e. The molecule has 4 rings (SSSR count). The van der Waals surface area contributed by atoms with Crippen LogP contribution in [0.15, 0.2) is 81.8 Å². The fourth-order valence-corrected chi connectivity index (χ4v) is 3.46. The second kappa shape index (κ2) is 9.25. The summed E-state index contributed by atoms with van der Waals surface area (Å²) in [6.45, 7) is 0.593. The lowest BCUT2D eigenvalue weighted by atomic mass is 10.1. The lowest BCUT2D eigenvalue weighted by Gasteiger charge is -2.05. The van der Waals surface area contributed by atoms with E-state index in [1.807, 2.05) is 54.6 Å². The lowest BCUT2D eigenvalue weighted by Crippen LogP contribution is -2.25. The Morgan fingerprint density at radius 3 is 2.31 bits per heavy atom. The molecule has 2 aromatic heterocycles. The van der Waals surface area contributed by atoms with E-state index in [4.69, 9.17) is 8.83 Å². The number of amides is 1. The smallest absolute Gasteiger partial charge is 0.251 e. The van der Waals surface area contributed by atoms with Gasteiger partial charge in [-0.15, -0.1) is 10.2 Å². The van der Waals surface area contributed by atoms with E-state index < -0.39 is 0 Å². The third kappa shape index (κ3) is 4.94.